The zero-order valence-electron chi connectivity index (χ0n) is 12.9. The summed E-state index contributed by atoms with van der Waals surface area (Å²) in [4.78, 5) is 0. The molecule has 1 atom stereocenters. The van der Waals surface area contributed by atoms with Crippen LogP contribution in [0.1, 0.15) is 64.6 Å². The summed E-state index contributed by atoms with van der Waals surface area (Å²) >= 11 is 0. The molecular weight excluding hydrogens is 234 g/mol. The van der Waals surface area contributed by atoms with E-state index in [1.807, 2.05) is 17.9 Å². The molecule has 108 valence electrons. The van der Waals surface area contributed by atoms with Crippen LogP contribution in [0, 0.1) is 11.3 Å². The first-order valence-electron chi connectivity index (χ1n) is 7.74. The van der Waals surface area contributed by atoms with Crippen LogP contribution < -0.4 is 5.32 Å². The van der Waals surface area contributed by atoms with Crippen molar-refractivity contribution in [2.45, 2.75) is 58.9 Å². The van der Waals surface area contributed by atoms with Gasteiger partial charge < -0.3 is 5.32 Å². The molecule has 0 saturated heterocycles. The van der Waals surface area contributed by atoms with Crippen molar-refractivity contribution in [3.8, 4) is 0 Å². The van der Waals surface area contributed by atoms with Gasteiger partial charge in [-0.05, 0) is 43.6 Å². The third kappa shape index (κ3) is 3.59. The number of aromatic nitrogens is 2. The van der Waals surface area contributed by atoms with Gasteiger partial charge in [0.25, 0.3) is 0 Å². The maximum Gasteiger partial charge on any atom is 0.0547 e. The van der Waals surface area contributed by atoms with Gasteiger partial charge in [-0.3, -0.25) is 4.68 Å². The second kappa shape index (κ2) is 6.08. The van der Waals surface area contributed by atoms with Crippen LogP contribution in [0.15, 0.2) is 12.3 Å². The summed E-state index contributed by atoms with van der Waals surface area (Å²) in [6.07, 6.45) is 8.86. The SMILES string of the molecule is CC(C)CC1(CNC(C)c2ccnn2C)CCCC1. The van der Waals surface area contributed by atoms with Crippen LogP contribution in [0.2, 0.25) is 0 Å². The van der Waals surface area contributed by atoms with Crippen molar-refractivity contribution in [2.75, 3.05) is 6.54 Å². The van der Waals surface area contributed by atoms with Crippen LogP contribution in [0.25, 0.3) is 0 Å². The fourth-order valence-corrected chi connectivity index (χ4v) is 3.73. The predicted octanol–water partition coefficient (Wildman–Crippen LogP) is 3.68. The fraction of sp³-hybridized carbons (Fsp3) is 0.812. The standard InChI is InChI=1S/C16H29N3/c1-13(2)11-16(8-5-6-9-16)12-17-14(3)15-7-10-18-19(15)4/h7,10,13-14,17H,5-6,8-9,11-12H2,1-4H3. The van der Waals surface area contributed by atoms with E-state index in [2.05, 4.69) is 37.3 Å². The van der Waals surface area contributed by atoms with E-state index in [0.29, 0.717) is 11.5 Å². The van der Waals surface area contributed by atoms with E-state index in [4.69, 9.17) is 0 Å². The van der Waals surface area contributed by atoms with Crippen molar-refractivity contribution in [2.24, 2.45) is 18.4 Å². The Labute approximate surface area is 117 Å². The number of nitrogens with one attached hydrogen (secondary N) is 1. The van der Waals surface area contributed by atoms with Crippen LogP contribution in [-0.4, -0.2) is 16.3 Å². The molecule has 1 N–H and O–H groups in total. The van der Waals surface area contributed by atoms with Crippen molar-refractivity contribution in [1.82, 2.24) is 15.1 Å². The molecule has 1 aliphatic rings. The molecule has 0 radical (unpaired) electrons. The van der Waals surface area contributed by atoms with Crippen molar-refractivity contribution < 1.29 is 0 Å². The molecule has 1 fully saturated rings. The molecule has 3 heteroatoms. The lowest BCUT2D eigenvalue weighted by Gasteiger charge is -2.32. The Morgan fingerprint density at radius 1 is 1.32 bits per heavy atom. The Morgan fingerprint density at radius 2 is 2.00 bits per heavy atom. The van der Waals surface area contributed by atoms with Gasteiger partial charge in [-0.15, -0.1) is 0 Å². The highest BCUT2D eigenvalue weighted by Crippen LogP contribution is 2.42. The van der Waals surface area contributed by atoms with Gasteiger partial charge in [0.15, 0.2) is 0 Å². The first-order chi connectivity index (χ1) is 9.02. The molecule has 1 aromatic rings. The summed E-state index contributed by atoms with van der Waals surface area (Å²) in [6.45, 7) is 8.10. The van der Waals surface area contributed by atoms with Gasteiger partial charge in [0.1, 0.15) is 0 Å². The molecule has 1 aromatic heterocycles. The van der Waals surface area contributed by atoms with Crippen molar-refractivity contribution in [1.29, 1.82) is 0 Å². The second-order valence-electron chi connectivity index (χ2n) is 6.79. The van der Waals surface area contributed by atoms with Gasteiger partial charge >= 0.3 is 0 Å². The minimum atomic E-state index is 0.386. The highest BCUT2D eigenvalue weighted by atomic mass is 15.3. The molecule has 1 unspecified atom stereocenters. The van der Waals surface area contributed by atoms with Gasteiger partial charge in [0.2, 0.25) is 0 Å². The molecule has 2 rings (SSSR count). The van der Waals surface area contributed by atoms with Crippen LogP contribution in [0.5, 0.6) is 0 Å². The Morgan fingerprint density at radius 3 is 2.53 bits per heavy atom. The molecule has 1 aliphatic carbocycles. The highest BCUT2D eigenvalue weighted by molar-refractivity contribution is 5.05. The number of aryl methyl sites for hydroxylation is 1. The van der Waals surface area contributed by atoms with Crippen LogP contribution in [0.4, 0.5) is 0 Å². The number of hydrogen-bond acceptors (Lipinski definition) is 2. The van der Waals surface area contributed by atoms with E-state index in [1.165, 1.54) is 37.8 Å². The first kappa shape index (κ1) is 14.6. The second-order valence-corrected chi connectivity index (χ2v) is 6.79. The van der Waals surface area contributed by atoms with Gasteiger partial charge in [-0.1, -0.05) is 26.7 Å². The third-order valence-corrected chi connectivity index (χ3v) is 4.59. The van der Waals surface area contributed by atoms with Gasteiger partial charge in [-0.2, -0.15) is 5.10 Å². The molecule has 3 nitrogen and oxygen atoms in total. The molecule has 0 spiro atoms. The number of rotatable bonds is 6. The van der Waals surface area contributed by atoms with Gasteiger partial charge in [-0.25, -0.2) is 0 Å². The Balaban J connectivity index is 1.94. The highest BCUT2D eigenvalue weighted by Gasteiger charge is 2.34. The minimum Gasteiger partial charge on any atom is -0.308 e. The maximum atomic E-state index is 4.26. The molecule has 0 aliphatic heterocycles. The molecule has 0 amide bonds. The van der Waals surface area contributed by atoms with Crippen LogP contribution >= 0.6 is 0 Å². The lowest BCUT2D eigenvalue weighted by atomic mass is 9.78. The molecule has 1 saturated carbocycles. The van der Waals surface area contributed by atoms with Gasteiger partial charge in [0.05, 0.1) is 5.69 Å². The van der Waals surface area contributed by atoms with Gasteiger partial charge in [0, 0.05) is 25.8 Å². The molecule has 1 heterocycles. The Kier molecular flexibility index (Phi) is 4.67. The topological polar surface area (TPSA) is 29.9 Å². The monoisotopic (exact) mass is 263 g/mol. The van der Waals surface area contributed by atoms with E-state index < -0.39 is 0 Å². The summed E-state index contributed by atoms with van der Waals surface area (Å²) in [5.41, 5.74) is 1.82. The van der Waals surface area contributed by atoms with E-state index in [0.717, 1.165) is 12.5 Å². The largest absolute Gasteiger partial charge is 0.308 e. The zero-order valence-corrected chi connectivity index (χ0v) is 12.9. The van der Waals surface area contributed by atoms with E-state index in [1.54, 1.807) is 0 Å². The summed E-state index contributed by atoms with van der Waals surface area (Å²) in [5.74, 6) is 0.798. The molecule has 0 aromatic carbocycles. The normalized spacial score (nSPS) is 20.1. The quantitative estimate of drug-likeness (QED) is 0.848. The maximum absolute atomic E-state index is 4.26. The number of nitrogens with zero attached hydrogens (tertiary/aromatic N) is 2. The van der Waals surface area contributed by atoms with Crippen molar-refractivity contribution >= 4 is 0 Å². The molecule has 19 heavy (non-hydrogen) atoms. The minimum absolute atomic E-state index is 0.386. The first-order valence-corrected chi connectivity index (χ1v) is 7.74. The zero-order chi connectivity index (χ0) is 13.9. The summed E-state index contributed by atoms with van der Waals surface area (Å²) in [6, 6.07) is 2.50. The smallest absolute Gasteiger partial charge is 0.0547 e. The summed E-state index contributed by atoms with van der Waals surface area (Å²) in [7, 11) is 2.02. The lowest BCUT2D eigenvalue weighted by Crippen LogP contribution is -2.35. The Bertz CT molecular complexity index is 388. The van der Waals surface area contributed by atoms with Crippen molar-refractivity contribution in [3.63, 3.8) is 0 Å². The Hall–Kier alpha value is -0.830. The summed E-state index contributed by atoms with van der Waals surface area (Å²) < 4.78 is 1.97. The lowest BCUT2D eigenvalue weighted by molar-refractivity contribution is 0.216. The molecule has 0 bridgehead atoms. The van der Waals surface area contributed by atoms with E-state index in [-0.39, 0.29) is 0 Å². The van der Waals surface area contributed by atoms with E-state index in [9.17, 15) is 0 Å². The molecular formula is C16H29N3. The number of hydrogen-bond donors (Lipinski definition) is 1. The van der Waals surface area contributed by atoms with Crippen LogP contribution in [-0.2, 0) is 7.05 Å². The summed E-state index contributed by atoms with van der Waals surface area (Å²) in [5, 5.41) is 8.01. The fourth-order valence-electron chi connectivity index (χ4n) is 3.73. The van der Waals surface area contributed by atoms with Crippen molar-refractivity contribution in [3.05, 3.63) is 18.0 Å². The van der Waals surface area contributed by atoms with E-state index >= 15 is 0 Å². The average molecular weight is 263 g/mol. The average Bonchev–Trinajstić information content (AvgIpc) is 2.95. The van der Waals surface area contributed by atoms with Crippen LogP contribution in [0.3, 0.4) is 0 Å². The third-order valence-electron chi connectivity index (χ3n) is 4.59. The predicted molar refractivity (Wildman–Crippen MR) is 80.0 cm³/mol.